The number of nitrogens with one attached hydrogen (secondary N) is 1. The second-order valence-corrected chi connectivity index (χ2v) is 4.93. The van der Waals surface area contributed by atoms with Crippen molar-refractivity contribution in [3.05, 3.63) is 0 Å². The quantitative estimate of drug-likeness (QED) is 0.695. The van der Waals surface area contributed by atoms with Crippen LogP contribution in [0.1, 0.15) is 33.1 Å². The maximum absolute atomic E-state index is 5.59. The van der Waals surface area contributed by atoms with Crippen LogP contribution in [0, 0.1) is 0 Å². The molecule has 0 spiro atoms. The van der Waals surface area contributed by atoms with Crippen LogP contribution in [0.2, 0.25) is 0 Å². The molecule has 1 N–H and O–H groups in total. The van der Waals surface area contributed by atoms with E-state index < -0.39 is 0 Å². The van der Waals surface area contributed by atoms with Crippen molar-refractivity contribution in [1.29, 1.82) is 0 Å². The van der Waals surface area contributed by atoms with E-state index in [1.165, 1.54) is 12.8 Å². The molecule has 21 heavy (non-hydrogen) atoms. The fourth-order valence-corrected chi connectivity index (χ4v) is 2.14. The molecule has 7 nitrogen and oxygen atoms in total. The number of hydrogen-bond acceptors (Lipinski definition) is 7. The van der Waals surface area contributed by atoms with E-state index in [1.54, 1.807) is 0 Å². The molecule has 2 rings (SSSR count). The summed E-state index contributed by atoms with van der Waals surface area (Å²) in [6.07, 6.45) is 3.38. The van der Waals surface area contributed by atoms with E-state index in [-0.39, 0.29) is 0 Å². The third-order valence-electron chi connectivity index (χ3n) is 3.13. The van der Waals surface area contributed by atoms with Gasteiger partial charge in [-0.25, -0.2) is 0 Å². The Balaban J connectivity index is 1.97. The molecule has 0 aliphatic carbocycles. The van der Waals surface area contributed by atoms with Gasteiger partial charge in [0.15, 0.2) is 0 Å². The number of aromatic nitrogens is 3. The molecule has 0 saturated carbocycles. The van der Waals surface area contributed by atoms with Gasteiger partial charge in [0.1, 0.15) is 6.61 Å². The van der Waals surface area contributed by atoms with Gasteiger partial charge in [0, 0.05) is 26.2 Å². The van der Waals surface area contributed by atoms with E-state index >= 15 is 0 Å². The SMILES string of the molecule is CCCOCCOc1nc(NCC)nc(N2CCCC2)n1. The van der Waals surface area contributed by atoms with E-state index in [2.05, 4.69) is 32.1 Å². The minimum absolute atomic E-state index is 0.364. The van der Waals surface area contributed by atoms with Crippen LogP contribution in [0.4, 0.5) is 11.9 Å². The second kappa shape index (κ2) is 8.61. The van der Waals surface area contributed by atoms with Gasteiger partial charge in [-0.15, -0.1) is 0 Å². The Morgan fingerprint density at radius 1 is 1.05 bits per heavy atom. The zero-order valence-electron chi connectivity index (χ0n) is 13.0. The number of ether oxygens (including phenoxy) is 2. The first-order valence-corrected chi connectivity index (χ1v) is 7.79. The van der Waals surface area contributed by atoms with Crippen molar-refractivity contribution in [3.63, 3.8) is 0 Å². The van der Waals surface area contributed by atoms with Crippen LogP contribution in [-0.4, -0.2) is 54.4 Å². The van der Waals surface area contributed by atoms with Gasteiger partial charge in [-0.2, -0.15) is 15.0 Å². The van der Waals surface area contributed by atoms with Gasteiger partial charge in [0.05, 0.1) is 6.61 Å². The molecule has 0 aromatic carbocycles. The highest BCUT2D eigenvalue weighted by Gasteiger charge is 2.17. The van der Waals surface area contributed by atoms with Crippen LogP contribution in [0.3, 0.4) is 0 Å². The Hall–Kier alpha value is -1.63. The summed E-state index contributed by atoms with van der Waals surface area (Å²) in [5, 5.41) is 3.12. The largest absolute Gasteiger partial charge is 0.461 e. The van der Waals surface area contributed by atoms with E-state index in [0.29, 0.717) is 31.1 Å². The lowest BCUT2D eigenvalue weighted by Gasteiger charge is -2.16. The lowest BCUT2D eigenvalue weighted by Crippen LogP contribution is -2.22. The molecule has 1 aromatic rings. The van der Waals surface area contributed by atoms with Crippen molar-refractivity contribution < 1.29 is 9.47 Å². The van der Waals surface area contributed by atoms with Crippen LogP contribution >= 0.6 is 0 Å². The zero-order chi connectivity index (χ0) is 14.9. The smallest absolute Gasteiger partial charge is 0.323 e. The van der Waals surface area contributed by atoms with Crippen molar-refractivity contribution in [3.8, 4) is 6.01 Å². The van der Waals surface area contributed by atoms with Crippen molar-refractivity contribution >= 4 is 11.9 Å². The summed E-state index contributed by atoms with van der Waals surface area (Å²) >= 11 is 0. The highest BCUT2D eigenvalue weighted by molar-refractivity contribution is 5.39. The molecule has 7 heteroatoms. The summed E-state index contributed by atoms with van der Waals surface area (Å²) in [5.41, 5.74) is 0. The van der Waals surface area contributed by atoms with Gasteiger partial charge in [0.25, 0.3) is 0 Å². The van der Waals surface area contributed by atoms with E-state index in [1.807, 2.05) is 6.92 Å². The van der Waals surface area contributed by atoms with Crippen molar-refractivity contribution in [2.45, 2.75) is 33.1 Å². The summed E-state index contributed by atoms with van der Waals surface area (Å²) in [6, 6.07) is 0.364. The number of anilines is 2. The minimum atomic E-state index is 0.364. The zero-order valence-corrected chi connectivity index (χ0v) is 13.0. The van der Waals surface area contributed by atoms with Gasteiger partial charge < -0.3 is 19.7 Å². The molecule has 2 heterocycles. The predicted octanol–water partition coefficient (Wildman–Crippen LogP) is 1.71. The molecule has 0 radical (unpaired) electrons. The first kappa shape index (κ1) is 15.8. The number of rotatable bonds is 9. The number of nitrogens with zero attached hydrogens (tertiary/aromatic N) is 4. The van der Waals surface area contributed by atoms with Gasteiger partial charge in [-0.3, -0.25) is 0 Å². The summed E-state index contributed by atoms with van der Waals surface area (Å²) in [6.45, 7) is 8.61. The average molecular weight is 295 g/mol. The summed E-state index contributed by atoms with van der Waals surface area (Å²) in [7, 11) is 0. The Morgan fingerprint density at radius 2 is 1.86 bits per heavy atom. The van der Waals surface area contributed by atoms with Gasteiger partial charge in [0.2, 0.25) is 11.9 Å². The molecular formula is C14H25N5O2. The number of hydrogen-bond donors (Lipinski definition) is 1. The standard InChI is InChI=1S/C14H25N5O2/c1-3-9-20-10-11-21-14-17-12(15-4-2)16-13(18-14)19-7-5-6-8-19/h3-11H2,1-2H3,(H,15,16,17,18). The van der Waals surface area contributed by atoms with Crippen LogP contribution in [0.5, 0.6) is 6.01 Å². The third-order valence-corrected chi connectivity index (χ3v) is 3.13. The minimum Gasteiger partial charge on any atom is -0.461 e. The second-order valence-electron chi connectivity index (χ2n) is 4.93. The van der Waals surface area contributed by atoms with Crippen LogP contribution < -0.4 is 15.0 Å². The lowest BCUT2D eigenvalue weighted by molar-refractivity contribution is 0.0972. The Kier molecular flexibility index (Phi) is 6.46. The first-order chi connectivity index (χ1) is 10.3. The fourth-order valence-electron chi connectivity index (χ4n) is 2.14. The molecular weight excluding hydrogens is 270 g/mol. The van der Waals surface area contributed by atoms with Crippen molar-refractivity contribution in [2.75, 3.05) is 49.7 Å². The molecule has 0 atom stereocenters. The van der Waals surface area contributed by atoms with Gasteiger partial charge in [-0.05, 0) is 26.2 Å². The molecule has 0 bridgehead atoms. The third kappa shape index (κ3) is 5.00. The Morgan fingerprint density at radius 3 is 2.57 bits per heavy atom. The van der Waals surface area contributed by atoms with Gasteiger partial charge >= 0.3 is 6.01 Å². The molecule has 1 saturated heterocycles. The summed E-state index contributed by atoms with van der Waals surface area (Å²) < 4.78 is 11.0. The molecule has 1 aliphatic rings. The molecule has 1 aliphatic heterocycles. The molecule has 0 unspecified atom stereocenters. The van der Waals surface area contributed by atoms with E-state index in [0.717, 1.165) is 32.7 Å². The maximum atomic E-state index is 5.59. The maximum Gasteiger partial charge on any atom is 0.323 e. The van der Waals surface area contributed by atoms with Crippen molar-refractivity contribution in [2.24, 2.45) is 0 Å². The summed E-state index contributed by atoms with van der Waals surface area (Å²) in [4.78, 5) is 15.3. The topological polar surface area (TPSA) is 72.4 Å². The average Bonchev–Trinajstić information content (AvgIpc) is 3.01. The molecule has 1 fully saturated rings. The van der Waals surface area contributed by atoms with Crippen LogP contribution in [0.15, 0.2) is 0 Å². The molecule has 118 valence electrons. The fraction of sp³-hybridized carbons (Fsp3) is 0.786. The van der Waals surface area contributed by atoms with E-state index in [4.69, 9.17) is 9.47 Å². The highest BCUT2D eigenvalue weighted by atomic mass is 16.5. The van der Waals surface area contributed by atoms with E-state index in [9.17, 15) is 0 Å². The molecule has 1 aromatic heterocycles. The van der Waals surface area contributed by atoms with Crippen molar-refractivity contribution in [1.82, 2.24) is 15.0 Å². The molecule has 0 amide bonds. The normalized spacial score (nSPS) is 14.5. The predicted molar refractivity (Wildman–Crippen MR) is 82.0 cm³/mol. The monoisotopic (exact) mass is 295 g/mol. The first-order valence-electron chi connectivity index (χ1n) is 7.79. The van der Waals surface area contributed by atoms with Crippen LogP contribution in [0.25, 0.3) is 0 Å². The summed E-state index contributed by atoms with van der Waals surface area (Å²) in [5.74, 6) is 1.27. The highest BCUT2D eigenvalue weighted by Crippen LogP contribution is 2.19. The van der Waals surface area contributed by atoms with Crippen LogP contribution in [-0.2, 0) is 4.74 Å². The Labute approximate surface area is 126 Å². The Bertz CT molecular complexity index is 424. The van der Waals surface area contributed by atoms with Gasteiger partial charge in [-0.1, -0.05) is 6.92 Å². The lowest BCUT2D eigenvalue weighted by atomic mass is 10.4.